The Bertz CT molecular complexity index is 513. The molecule has 1 aromatic heterocycles. The monoisotopic (exact) mass is 276 g/mol. The molecule has 80 valence electrons. The van der Waals surface area contributed by atoms with Gasteiger partial charge in [-0.1, -0.05) is 15.9 Å². The summed E-state index contributed by atoms with van der Waals surface area (Å²) >= 11 is 3.33. The van der Waals surface area contributed by atoms with Gasteiger partial charge in [0.2, 0.25) is 0 Å². The van der Waals surface area contributed by atoms with Gasteiger partial charge in [0.15, 0.2) is 0 Å². The van der Waals surface area contributed by atoms with Crippen molar-refractivity contribution in [2.24, 2.45) is 0 Å². The Labute approximate surface area is 101 Å². The molecule has 2 rings (SSSR count). The van der Waals surface area contributed by atoms with Gasteiger partial charge in [-0.05, 0) is 18.2 Å². The van der Waals surface area contributed by atoms with Crippen LogP contribution in [0.4, 0.5) is 5.69 Å². The zero-order chi connectivity index (χ0) is 11.4. The molecule has 0 saturated carbocycles. The molecule has 0 saturated heterocycles. The number of hydrogen-bond acceptors (Lipinski definition) is 3. The van der Waals surface area contributed by atoms with E-state index in [2.05, 4.69) is 37.3 Å². The van der Waals surface area contributed by atoms with E-state index in [0.29, 0.717) is 12.1 Å². The van der Waals surface area contributed by atoms with Crippen LogP contribution in [-0.4, -0.2) is 9.97 Å². The number of hydrogen-bond donors (Lipinski definition) is 2. The predicted molar refractivity (Wildman–Crippen MR) is 64.8 cm³/mol. The van der Waals surface area contributed by atoms with Crippen molar-refractivity contribution in [2.45, 2.75) is 6.54 Å². The van der Waals surface area contributed by atoms with Crippen LogP contribution in [0.15, 0.2) is 35.2 Å². The van der Waals surface area contributed by atoms with Crippen molar-refractivity contribution >= 4 is 21.6 Å². The van der Waals surface area contributed by atoms with Gasteiger partial charge >= 0.3 is 0 Å². The molecule has 0 unspecified atom stereocenters. The molecular weight excluding hydrogens is 268 g/mol. The van der Waals surface area contributed by atoms with E-state index in [-0.39, 0.29) is 0 Å². The maximum atomic E-state index is 8.97. The third kappa shape index (κ3) is 2.41. The fourth-order valence-electron chi connectivity index (χ4n) is 1.33. The summed E-state index contributed by atoms with van der Waals surface area (Å²) in [7, 11) is 0. The Morgan fingerprint density at radius 3 is 3.06 bits per heavy atom. The quantitative estimate of drug-likeness (QED) is 0.906. The minimum Gasteiger partial charge on any atom is -0.378 e. The van der Waals surface area contributed by atoms with Gasteiger partial charge in [-0.2, -0.15) is 5.26 Å². The number of rotatable bonds is 3. The number of aromatic nitrogens is 2. The zero-order valence-corrected chi connectivity index (χ0v) is 9.95. The van der Waals surface area contributed by atoms with Crippen LogP contribution in [-0.2, 0) is 6.54 Å². The molecular formula is C11H9BrN4. The minimum absolute atomic E-state index is 0.619. The Kier molecular flexibility index (Phi) is 3.22. The first kappa shape index (κ1) is 10.7. The first-order valence-electron chi connectivity index (χ1n) is 4.70. The summed E-state index contributed by atoms with van der Waals surface area (Å²) in [5.41, 5.74) is 2.42. The van der Waals surface area contributed by atoms with Crippen molar-refractivity contribution in [3.05, 3.63) is 46.5 Å². The molecule has 0 aliphatic heterocycles. The second-order valence-electron chi connectivity index (χ2n) is 3.23. The summed E-state index contributed by atoms with van der Waals surface area (Å²) in [5.74, 6) is 0. The lowest BCUT2D eigenvalue weighted by molar-refractivity contribution is 1.07. The lowest BCUT2D eigenvalue weighted by Crippen LogP contribution is -2.01. The highest BCUT2D eigenvalue weighted by molar-refractivity contribution is 9.10. The number of anilines is 1. The Morgan fingerprint density at radius 1 is 1.50 bits per heavy atom. The molecule has 0 amide bonds. The SMILES string of the molecule is N#Cc1cc(Br)ccc1NCc1cnc[nH]1. The third-order valence-electron chi connectivity index (χ3n) is 2.13. The molecule has 0 aliphatic carbocycles. The molecule has 0 radical (unpaired) electrons. The second kappa shape index (κ2) is 4.81. The van der Waals surface area contributed by atoms with E-state index in [1.54, 1.807) is 18.6 Å². The Morgan fingerprint density at radius 2 is 2.38 bits per heavy atom. The van der Waals surface area contributed by atoms with E-state index in [1.165, 1.54) is 0 Å². The van der Waals surface area contributed by atoms with E-state index in [9.17, 15) is 0 Å². The van der Waals surface area contributed by atoms with Crippen LogP contribution in [0.3, 0.4) is 0 Å². The van der Waals surface area contributed by atoms with Gasteiger partial charge in [0.05, 0.1) is 29.8 Å². The summed E-state index contributed by atoms with van der Waals surface area (Å²) in [6.07, 6.45) is 3.38. The number of benzene rings is 1. The summed E-state index contributed by atoms with van der Waals surface area (Å²) < 4.78 is 0.899. The fraction of sp³-hybridized carbons (Fsp3) is 0.0909. The van der Waals surface area contributed by atoms with Gasteiger partial charge in [-0.25, -0.2) is 4.98 Å². The van der Waals surface area contributed by atoms with Gasteiger partial charge in [-0.15, -0.1) is 0 Å². The number of aromatic amines is 1. The van der Waals surface area contributed by atoms with E-state index >= 15 is 0 Å². The maximum absolute atomic E-state index is 8.97. The van der Waals surface area contributed by atoms with E-state index in [4.69, 9.17) is 5.26 Å². The van der Waals surface area contributed by atoms with Crippen molar-refractivity contribution < 1.29 is 0 Å². The average molecular weight is 277 g/mol. The van der Waals surface area contributed by atoms with Crippen LogP contribution in [0.2, 0.25) is 0 Å². The average Bonchev–Trinajstić information content (AvgIpc) is 2.80. The molecule has 0 spiro atoms. The Balaban J connectivity index is 2.13. The smallest absolute Gasteiger partial charge is 0.101 e. The highest BCUT2D eigenvalue weighted by Crippen LogP contribution is 2.20. The molecule has 2 aromatic rings. The molecule has 0 atom stereocenters. The molecule has 4 nitrogen and oxygen atoms in total. The molecule has 0 bridgehead atoms. The van der Waals surface area contributed by atoms with E-state index < -0.39 is 0 Å². The zero-order valence-electron chi connectivity index (χ0n) is 8.37. The Hall–Kier alpha value is -1.80. The summed E-state index contributed by atoms with van der Waals surface area (Å²) in [6.45, 7) is 0.621. The van der Waals surface area contributed by atoms with Gasteiger partial charge in [0.1, 0.15) is 6.07 Å². The molecule has 5 heteroatoms. The maximum Gasteiger partial charge on any atom is 0.101 e. The summed E-state index contributed by atoms with van der Waals surface area (Å²) in [4.78, 5) is 6.91. The first-order valence-corrected chi connectivity index (χ1v) is 5.49. The fourth-order valence-corrected chi connectivity index (χ4v) is 1.70. The van der Waals surface area contributed by atoms with Gasteiger partial charge in [-0.3, -0.25) is 0 Å². The molecule has 2 N–H and O–H groups in total. The van der Waals surface area contributed by atoms with Crippen molar-refractivity contribution in [1.82, 2.24) is 9.97 Å². The first-order chi connectivity index (χ1) is 7.79. The minimum atomic E-state index is 0.619. The van der Waals surface area contributed by atoms with Crippen LogP contribution >= 0.6 is 15.9 Å². The number of nitriles is 1. The lowest BCUT2D eigenvalue weighted by atomic mass is 10.2. The molecule has 0 fully saturated rings. The van der Waals surface area contributed by atoms with Crippen molar-refractivity contribution in [3.63, 3.8) is 0 Å². The van der Waals surface area contributed by atoms with Crippen LogP contribution < -0.4 is 5.32 Å². The number of nitrogens with zero attached hydrogens (tertiary/aromatic N) is 2. The van der Waals surface area contributed by atoms with Crippen molar-refractivity contribution in [2.75, 3.05) is 5.32 Å². The van der Waals surface area contributed by atoms with Gasteiger partial charge in [0.25, 0.3) is 0 Å². The highest BCUT2D eigenvalue weighted by atomic mass is 79.9. The van der Waals surface area contributed by atoms with Crippen LogP contribution in [0.1, 0.15) is 11.3 Å². The number of H-pyrrole nitrogens is 1. The molecule has 1 heterocycles. The predicted octanol–water partition coefficient (Wildman–Crippen LogP) is 2.66. The number of imidazole rings is 1. The summed E-state index contributed by atoms with van der Waals surface area (Å²) in [6, 6.07) is 7.71. The van der Waals surface area contributed by atoms with Crippen LogP contribution in [0.25, 0.3) is 0 Å². The molecule has 16 heavy (non-hydrogen) atoms. The van der Waals surface area contributed by atoms with E-state index in [0.717, 1.165) is 15.9 Å². The highest BCUT2D eigenvalue weighted by Gasteiger charge is 2.02. The van der Waals surface area contributed by atoms with Gasteiger partial charge < -0.3 is 10.3 Å². The topological polar surface area (TPSA) is 64.5 Å². The van der Waals surface area contributed by atoms with Crippen molar-refractivity contribution in [3.8, 4) is 6.07 Å². The number of nitrogens with one attached hydrogen (secondary N) is 2. The molecule has 1 aromatic carbocycles. The van der Waals surface area contributed by atoms with E-state index in [1.807, 2.05) is 12.1 Å². The third-order valence-corrected chi connectivity index (χ3v) is 2.62. The number of halogens is 1. The standard InChI is InChI=1S/C11H9BrN4/c12-9-1-2-11(8(3-9)4-13)15-6-10-5-14-7-16-10/h1-3,5,7,15H,6H2,(H,14,16). The lowest BCUT2D eigenvalue weighted by Gasteiger charge is -2.06. The largest absolute Gasteiger partial charge is 0.378 e. The molecule has 0 aliphatic rings. The normalized spacial score (nSPS) is 9.75. The summed E-state index contributed by atoms with van der Waals surface area (Å²) in [5, 5.41) is 12.1. The van der Waals surface area contributed by atoms with Crippen LogP contribution in [0, 0.1) is 11.3 Å². The van der Waals surface area contributed by atoms with Gasteiger partial charge in [0, 0.05) is 10.7 Å². The van der Waals surface area contributed by atoms with Crippen molar-refractivity contribution in [1.29, 1.82) is 5.26 Å². The second-order valence-corrected chi connectivity index (χ2v) is 4.15. The van der Waals surface area contributed by atoms with Crippen LogP contribution in [0.5, 0.6) is 0 Å².